The molecule has 0 unspecified atom stereocenters. The molecule has 1 aliphatic heterocycles. The third-order valence-corrected chi connectivity index (χ3v) is 12.9. The van der Waals surface area contributed by atoms with Gasteiger partial charge in [-0.2, -0.15) is 0 Å². The Morgan fingerprint density at radius 3 is 1.65 bits per heavy atom. The van der Waals surface area contributed by atoms with Crippen molar-refractivity contribution in [2.75, 3.05) is 103 Å². The Morgan fingerprint density at radius 2 is 1.11 bits per heavy atom. The fourth-order valence-corrected chi connectivity index (χ4v) is 9.07. The van der Waals surface area contributed by atoms with Gasteiger partial charge in [0.1, 0.15) is 0 Å². The van der Waals surface area contributed by atoms with Crippen LogP contribution in [-0.4, -0.2) is 126 Å². The number of rotatable bonds is 25. The molecule has 0 radical (unpaired) electrons. The average Bonchev–Trinajstić information content (AvgIpc) is 3.26. The van der Waals surface area contributed by atoms with Gasteiger partial charge in [0.2, 0.25) is 20.0 Å². The molecule has 5 rings (SSSR count). The molecule has 4 aromatic rings. The lowest BCUT2D eigenvalue weighted by Crippen LogP contribution is -2.32. The molecule has 0 saturated carbocycles. The summed E-state index contributed by atoms with van der Waals surface area (Å²) >= 11 is 12.8. The van der Waals surface area contributed by atoms with Crippen LogP contribution in [0.5, 0.6) is 0 Å². The number of sulfonamides is 2. The summed E-state index contributed by atoms with van der Waals surface area (Å²) in [6.45, 7) is 3.89. The molecule has 4 amide bonds. The number of amides is 4. The summed E-state index contributed by atoms with van der Waals surface area (Å²) in [7, 11) is -5.37. The van der Waals surface area contributed by atoms with Crippen molar-refractivity contribution in [3.63, 3.8) is 0 Å². The van der Waals surface area contributed by atoms with Crippen molar-refractivity contribution in [1.29, 1.82) is 0 Å². The fraction of sp³-hybridized carbons (Fsp3) is 0.381. The van der Waals surface area contributed by atoms with Gasteiger partial charge < -0.3 is 45.1 Å². The van der Waals surface area contributed by atoms with Crippen molar-refractivity contribution in [2.45, 2.75) is 22.3 Å². The third kappa shape index (κ3) is 16.6. The minimum atomic E-state index is -3.80. The highest BCUT2D eigenvalue weighted by Gasteiger charge is 2.28. The lowest BCUT2D eigenvalue weighted by atomic mass is 9.85. The Balaban J connectivity index is 0.854. The van der Waals surface area contributed by atoms with Gasteiger partial charge in [-0.15, -0.1) is 0 Å². The topological polar surface area (TPSA) is 215 Å². The molecule has 0 saturated heterocycles. The molecule has 0 aromatic heterocycles. The number of carbonyl (C=O) groups is 2. The largest absolute Gasteiger partial charge is 0.378 e. The normalized spacial score (nSPS) is 14.2. The Morgan fingerprint density at radius 1 is 0.619 bits per heavy atom. The van der Waals surface area contributed by atoms with E-state index in [-0.39, 0.29) is 94.7 Å². The summed E-state index contributed by atoms with van der Waals surface area (Å²) in [5.74, 6) is -0.0966. The second kappa shape index (κ2) is 25.2. The molecule has 0 bridgehead atoms. The van der Waals surface area contributed by atoms with Crippen LogP contribution in [-0.2, 0) is 45.5 Å². The summed E-state index contributed by atoms with van der Waals surface area (Å²) in [5, 5.41) is 11.9. The van der Waals surface area contributed by atoms with Crippen LogP contribution in [0.2, 0.25) is 10.0 Å². The molecule has 1 atom stereocenters. The first-order valence-corrected chi connectivity index (χ1v) is 23.8. The van der Waals surface area contributed by atoms with E-state index in [1.807, 2.05) is 19.2 Å². The second-order valence-corrected chi connectivity index (χ2v) is 18.6. The standard InChI is InChI=1S/C42H53Cl2N7O10S2/c1-51-29-38(37-27-32(43)28-40(44)39(37)30-51)31-6-5-9-36(26-31)63(56,57)48-17-21-61-25-23-59-19-15-46-42(53)50-34-12-10-33(11-13-34)49-41(52)45-14-18-58-22-24-60-20-16-47-62(54,55)35-7-3-2-4-8-35/h2-13,26-28,38,47-48H,14-25,29-30H2,1H3,(H2,45,49,52)(H2,46,50,53)/t38-/m0/s1. The van der Waals surface area contributed by atoms with Crippen molar-refractivity contribution >= 4 is 66.7 Å². The maximum absolute atomic E-state index is 13.1. The van der Waals surface area contributed by atoms with Gasteiger partial charge in [0, 0.05) is 66.6 Å². The highest BCUT2D eigenvalue weighted by Crippen LogP contribution is 2.38. The number of carbonyl (C=O) groups excluding carboxylic acids is 2. The van der Waals surface area contributed by atoms with Gasteiger partial charge in [0.25, 0.3) is 0 Å². The van der Waals surface area contributed by atoms with E-state index >= 15 is 0 Å². The number of anilines is 2. The van der Waals surface area contributed by atoms with Crippen molar-refractivity contribution in [3.8, 4) is 0 Å². The minimum absolute atomic E-state index is 0.0714. The van der Waals surface area contributed by atoms with Crippen molar-refractivity contribution < 1.29 is 45.4 Å². The van der Waals surface area contributed by atoms with Crippen LogP contribution in [0.15, 0.2) is 101 Å². The van der Waals surface area contributed by atoms with Crippen LogP contribution < -0.4 is 30.7 Å². The van der Waals surface area contributed by atoms with Crippen molar-refractivity contribution in [2.24, 2.45) is 0 Å². The zero-order valence-electron chi connectivity index (χ0n) is 34.7. The van der Waals surface area contributed by atoms with Crippen LogP contribution in [0.4, 0.5) is 21.0 Å². The first kappa shape index (κ1) is 49.6. The summed E-state index contributed by atoms with van der Waals surface area (Å²) in [5.41, 5.74) is 3.86. The lowest BCUT2D eigenvalue weighted by molar-refractivity contribution is 0.0517. The molecule has 342 valence electrons. The zero-order chi connectivity index (χ0) is 45.1. The Bertz CT molecular complexity index is 2310. The van der Waals surface area contributed by atoms with E-state index in [2.05, 4.69) is 35.6 Å². The van der Waals surface area contributed by atoms with Gasteiger partial charge in [-0.05, 0) is 84.4 Å². The number of urea groups is 2. The Labute approximate surface area is 378 Å². The lowest BCUT2D eigenvalue weighted by Gasteiger charge is -2.33. The van der Waals surface area contributed by atoms with Gasteiger partial charge in [0.05, 0.1) is 62.6 Å². The summed E-state index contributed by atoms with van der Waals surface area (Å²) in [4.78, 5) is 27.0. The number of hydrogen-bond acceptors (Lipinski definition) is 11. The molecule has 4 aromatic carbocycles. The first-order chi connectivity index (χ1) is 30.3. The molecule has 0 spiro atoms. The fourth-order valence-electron chi connectivity index (χ4n) is 6.40. The number of benzene rings is 4. The molecular formula is C42H53Cl2N7O10S2. The van der Waals surface area contributed by atoms with Crippen LogP contribution in [0.1, 0.15) is 22.6 Å². The molecule has 6 N–H and O–H groups in total. The smallest absolute Gasteiger partial charge is 0.319 e. The Kier molecular flexibility index (Phi) is 19.9. The van der Waals surface area contributed by atoms with Gasteiger partial charge in [0.15, 0.2) is 0 Å². The Hall–Kier alpha value is -4.38. The van der Waals surface area contributed by atoms with Gasteiger partial charge in [-0.3, -0.25) is 0 Å². The van der Waals surface area contributed by atoms with Crippen LogP contribution in [0.25, 0.3) is 0 Å². The summed E-state index contributed by atoms with van der Waals surface area (Å²) in [6.07, 6.45) is 0. The van der Waals surface area contributed by atoms with Crippen LogP contribution in [0, 0.1) is 0 Å². The van der Waals surface area contributed by atoms with E-state index in [1.54, 1.807) is 66.7 Å². The third-order valence-electron chi connectivity index (χ3n) is 9.40. The second-order valence-electron chi connectivity index (χ2n) is 14.2. The van der Waals surface area contributed by atoms with Gasteiger partial charge in [-0.25, -0.2) is 35.9 Å². The van der Waals surface area contributed by atoms with Crippen molar-refractivity contribution in [3.05, 3.63) is 118 Å². The van der Waals surface area contributed by atoms with Gasteiger partial charge >= 0.3 is 12.1 Å². The van der Waals surface area contributed by atoms with Gasteiger partial charge in [-0.1, -0.05) is 53.5 Å². The average molecular weight is 951 g/mol. The number of fused-ring (bicyclic) bond motifs is 1. The zero-order valence-corrected chi connectivity index (χ0v) is 37.9. The molecule has 1 aliphatic rings. The monoisotopic (exact) mass is 949 g/mol. The van der Waals surface area contributed by atoms with E-state index in [0.29, 0.717) is 34.5 Å². The molecule has 21 heteroatoms. The number of ether oxygens (including phenoxy) is 4. The van der Waals surface area contributed by atoms with Crippen LogP contribution >= 0.6 is 23.2 Å². The van der Waals surface area contributed by atoms with E-state index in [0.717, 1.165) is 16.7 Å². The maximum Gasteiger partial charge on any atom is 0.319 e. The predicted molar refractivity (Wildman–Crippen MR) is 242 cm³/mol. The van der Waals surface area contributed by atoms with E-state index in [4.69, 9.17) is 42.1 Å². The molecule has 63 heavy (non-hydrogen) atoms. The van der Waals surface area contributed by atoms with E-state index in [9.17, 15) is 26.4 Å². The molecule has 0 aliphatic carbocycles. The summed E-state index contributed by atoms with van der Waals surface area (Å²) in [6, 6.07) is 24.3. The number of nitrogens with zero attached hydrogens (tertiary/aromatic N) is 1. The highest BCUT2D eigenvalue weighted by molar-refractivity contribution is 7.89. The first-order valence-electron chi connectivity index (χ1n) is 20.1. The highest BCUT2D eigenvalue weighted by atomic mass is 35.5. The van der Waals surface area contributed by atoms with E-state index < -0.39 is 32.1 Å². The summed E-state index contributed by atoms with van der Waals surface area (Å²) < 4.78 is 77.5. The number of nitrogens with one attached hydrogen (secondary N) is 6. The maximum atomic E-state index is 13.1. The van der Waals surface area contributed by atoms with E-state index in [1.165, 1.54) is 12.1 Å². The molecule has 0 fully saturated rings. The van der Waals surface area contributed by atoms with Crippen LogP contribution in [0.3, 0.4) is 0 Å². The molecule has 17 nitrogen and oxygen atoms in total. The number of hydrogen-bond donors (Lipinski definition) is 6. The SMILES string of the molecule is CN1Cc2c(Cl)cc(Cl)cc2[C@H](c2cccc(S(=O)(=O)NCCOCCOCCNC(=O)Nc3ccc(NC(=O)NCCOCCOCCNS(=O)(=O)c4ccccc4)cc3)c2)C1. The number of halogens is 2. The quantitative estimate of drug-likeness (QED) is 0.0495. The minimum Gasteiger partial charge on any atom is -0.378 e. The predicted octanol–water partition coefficient (Wildman–Crippen LogP) is 4.84. The van der Waals surface area contributed by atoms with Crippen molar-refractivity contribution in [1.82, 2.24) is 25.0 Å². The molecule has 1 heterocycles. The number of likely N-dealkylation sites (N-methyl/N-ethyl adjacent to an activating group) is 1. The molecular weight excluding hydrogens is 898 g/mol.